The van der Waals surface area contributed by atoms with E-state index in [2.05, 4.69) is 10.6 Å². The molecule has 3 aromatic rings. The van der Waals surface area contributed by atoms with Crippen LogP contribution in [0, 0.1) is 0 Å². The highest BCUT2D eigenvalue weighted by Crippen LogP contribution is 2.46. The number of ether oxygens (including phenoxy) is 2. The number of methoxy groups -OCH3 is 1. The van der Waals surface area contributed by atoms with Crippen LogP contribution < -0.4 is 20.1 Å². The van der Waals surface area contributed by atoms with Gasteiger partial charge in [-0.15, -0.1) is 0 Å². The van der Waals surface area contributed by atoms with Gasteiger partial charge in [0, 0.05) is 22.7 Å². The molecule has 0 spiro atoms. The van der Waals surface area contributed by atoms with E-state index < -0.39 is 0 Å². The van der Waals surface area contributed by atoms with Gasteiger partial charge in [0.1, 0.15) is 0 Å². The number of allylic oxidation sites excluding steroid dienone is 1. The molecule has 5 rings (SSSR count). The fourth-order valence-corrected chi connectivity index (χ4v) is 5.13. The van der Waals surface area contributed by atoms with E-state index in [9.17, 15) is 4.79 Å². The van der Waals surface area contributed by atoms with E-state index in [0.29, 0.717) is 36.0 Å². The predicted molar refractivity (Wildman–Crippen MR) is 136 cm³/mol. The number of rotatable bonds is 5. The number of hydrogen-bond donors (Lipinski definition) is 2. The van der Waals surface area contributed by atoms with Crippen molar-refractivity contribution in [2.45, 2.75) is 31.7 Å². The van der Waals surface area contributed by atoms with Crippen molar-refractivity contribution in [1.82, 2.24) is 0 Å². The van der Waals surface area contributed by atoms with E-state index in [1.54, 1.807) is 7.11 Å². The molecule has 0 unspecified atom stereocenters. The highest BCUT2D eigenvalue weighted by Gasteiger charge is 2.36. The second-order valence-corrected chi connectivity index (χ2v) is 8.94. The van der Waals surface area contributed by atoms with E-state index in [1.165, 1.54) is 0 Å². The van der Waals surface area contributed by atoms with Crippen LogP contribution in [0.5, 0.6) is 11.5 Å². The Morgan fingerprint density at radius 2 is 1.74 bits per heavy atom. The van der Waals surface area contributed by atoms with Crippen LogP contribution in [0.4, 0.5) is 11.4 Å². The van der Waals surface area contributed by atoms with Crippen molar-refractivity contribution in [1.29, 1.82) is 0 Å². The van der Waals surface area contributed by atoms with Gasteiger partial charge in [0.05, 0.1) is 31.1 Å². The highest BCUT2D eigenvalue weighted by atomic mass is 35.5. The molecule has 0 bridgehead atoms. The molecule has 2 atom stereocenters. The van der Waals surface area contributed by atoms with Gasteiger partial charge in [-0.3, -0.25) is 4.79 Å². The smallest absolute Gasteiger partial charge is 0.163 e. The number of ketones is 1. The minimum absolute atomic E-state index is 0.0282. The van der Waals surface area contributed by atoms with Gasteiger partial charge in [0.25, 0.3) is 0 Å². The molecular weight excluding hydrogens is 448 g/mol. The SMILES string of the molecule is CCOc1ccc([C@H]2CC(=O)C3=C(C2)Nc2ccccc2N[C@H]3c2ccccc2Cl)cc1OC. The quantitative estimate of drug-likeness (QED) is 0.429. The molecule has 2 N–H and O–H groups in total. The lowest BCUT2D eigenvalue weighted by molar-refractivity contribution is -0.116. The van der Waals surface area contributed by atoms with Crippen LogP contribution in [0.25, 0.3) is 0 Å². The van der Waals surface area contributed by atoms with Gasteiger partial charge >= 0.3 is 0 Å². The standard InChI is InChI=1S/C28H27ClN2O3/c1-3-34-25-13-12-17(16-26(25)33-2)18-14-23-27(24(32)15-18)28(19-8-4-5-9-20(19)29)31-22-11-7-6-10-21(22)30-23/h4-13,16,18,28,30-31H,3,14-15H2,1-2H3/t18-,28+/m1/s1. The molecule has 0 fully saturated rings. The van der Waals surface area contributed by atoms with Crippen molar-refractivity contribution >= 4 is 28.8 Å². The van der Waals surface area contributed by atoms with E-state index in [-0.39, 0.29) is 17.7 Å². The van der Waals surface area contributed by atoms with Crippen molar-refractivity contribution in [3.05, 3.63) is 94.1 Å². The number of Topliss-reactive ketones (excluding diaryl/α,β-unsaturated/α-hetero) is 1. The fraction of sp³-hybridized carbons (Fsp3) is 0.250. The lowest BCUT2D eigenvalue weighted by Crippen LogP contribution is -2.27. The first kappa shape index (κ1) is 22.4. The van der Waals surface area contributed by atoms with Crippen LogP contribution in [-0.2, 0) is 4.79 Å². The zero-order chi connectivity index (χ0) is 23.7. The van der Waals surface area contributed by atoms with Gasteiger partial charge in [-0.25, -0.2) is 0 Å². The van der Waals surface area contributed by atoms with Crippen molar-refractivity contribution in [2.24, 2.45) is 0 Å². The van der Waals surface area contributed by atoms with E-state index in [4.69, 9.17) is 21.1 Å². The summed E-state index contributed by atoms with van der Waals surface area (Å²) in [6.45, 7) is 2.51. The maximum atomic E-state index is 13.7. The number of fused-ring (bicyclic) bond motifs is 1. The molecule has 0 aromatic heterocycles. The summed E-state index contributed by atoms with van der Waals surface area (Å²) in [4.78, 5) is 13.7. The van der Waals surface area contributed by atoms with E-state index in [1.807, 2.05) is 73.7 Å². The fourth-order valence-electron chi connectivity index (χ4n) is 4.88. The lowest BCUT2D eigenvalue weighted by Gasteiger charge is -2.30. The molecule has 3 aromatic carbocycles. The summed E-state index contributed by atoms with van der Waals surface area (Å²) in [5.74, 6) is 1.53. The van der Waals surface area contributed by atoms with Crippen molar-refractivity contribution in [3.8, 4) is 11.5 Å². The van der Waals surface area contributed by atoms with Crippen LogP contribution >= 0.6 is 11.6 Å². The topological polar surface area (TPSA) is 59.6 Å². The molecule has 2 aliphatic rings. The Morgan fingerprint density at radius 1 is 0.971 bits per heavy atom. The summed E-state index contributed by atoms with van der Waals surface area (Å²) in [6.07, 6.45) is 1.12. The summed E-state index contributed by atoms with van der Waals surface area (Å²) >= 11 is 6.60. The molecule has 0 radical (unpaired) electrons. The summed E-state index contributed by atoms with van der Waals surface area (Å²) in [7, 11) is 1.64. The van der Waals surface area contributed by atoms with Gasteiger partial charge in [-0.2, -0.15) is 0 Å². The van der Waals surface area contributed by atoms with E-state index in [0.717, 1.165) is 33.8 Å². The maximum Gasteiger partial charge on any atom is 0.163 e. The average Bonchev–Trinajstić information content (AvgIpc) is 3.01. The molecule has 0 saturated carbocycles. The third kappa shape index (κ3) is 4.12. The van der Waals surface area contributed by atoms with E-state index >= 15 is 0 Å². The van der Waals surface area contributed by atoms with Crippen LogP contribution in [0.1, 0.15) is 42.9 Å². The molecule has 34 heavy (non-hydrogen) atoms. The summed E-state index contributed by atoms with van der Waals surface area (Å²) in [5.41, 5.74) is 5.51. The molecule has 6 heteroatoms. The maximum absolute atomic E-state index is 13.7. The van der Waals surface area contributed by atoms with Gasteiger partial charge in [0.15, 0.2) is 17.3 Å². The molecule has 0 saturated heterocycles. The first-order valence-electron chi connectivity index (χ1n) is 11.5. The van der Waals surface area contributed by atoms with Gasteiger partial charge in [-0.05, 0) is 60.7 Å². The Morgan fingerprint density at radius 3 is 2.50 bits per heavy atom. The zero-order valence-electron chi connectivity index (χ0n) is 19.2. The highest BCUT2D eigenvalue weighted by molar-refractivity contribution is 6.31. The molecule has 0 amide bonds. The van der Waals surface area contributed by atoms with Gasteiger partial charge in [0.2, 0.25) is 0 Å². The van der Waals surface area contributed by atoms with Crippen molar-refractivity contribution in [3.63, 3.8) is 0 Å². The van der Waals surface area contributed by atoms with Crippen LogP contribution in [0.15, 0.2) is 78.0 Å². The Balaban J connectivity index is 1.57. The summed E-state index contributed by atoms with van der Waals surface area (Å²) in [6, 6.07) is 21.3. The third-order valence-corrected chi connectivity index (χ3v) is 6.83. The minimum atomic E-state index is -0.330. The monoisotopic (exact) mass is 474 g/mol. The average molecular weight is 475 g/mol. The van der Waals surface area contributed by atoms with Crippen LogP contribution in [-0.4, -0.2) is 19.5 Å². The number of para-hydroxylation sites is 2. The van der Waals surface area contributed by atoms with Gasteiger partial charge in [-0.1, -0.05) is 48.0 Å². The number of halogens is 1. The predicted octanol–water partition coefficient (Wildman–Crippen LogP) is 6.73. The molecule has 1 heterocycles. The molecule has 5 nitrogen and oxygen atoms in total. The first-order chi connectivity index (χ1) is 16.6. The second kappa shape index (κ2) is 9.43. The Kier molecular flexibility index (Phi) is 6.20. The Hall–Kier alpha value is -3.44. The molecule has 174 valence electrons. The second-order valence-electron chi connectivity index (χ2n) is 8.53. The summed E-state index contributed by atoms with van der Waals surface area (Å²) < 4.78 is 11.2. The van der Waals surface area contributed by atoms with Crippen molar-refractivity contribution < 1.29 is 14.3 Å². The first-order valence-corrected chi connectivity index (χ1v) is 11.9. The Bertz CT molecular complexity index is 1270. The number of benzene rings is 3. The third-order valence-electron chi connectivity index (χ3n) is 6.48. The molecule has 1 aliphatic heterocycles. The number of anilines is 2. The zero-order valence-corrected chi connectivity index (χ0v) is 20.0. The number of nitrogens with one attached hydrogen (secondary N) is 2. The van der Waals surface area contributed by atoms with Crippen LogP contribution in [0.2, 0.25) is 5.02 Å². The largest absolute Gasteiger partial charge is 0.493 e. The number of hydrogen-bond acceptors (Lipinski definition) is 5. The number of carbonyl (C=O) groups is 1. The lowest BCUT2D eigenvalue weighted by atomic mass is 9.78. The molecule has 1 aliphatic carbocycles. The number of carbonyl (C=O) groups excluding carboxylic acids is 1. The van der Waals surface area contributed by atoms with Crippen LogP contribution in [0.3, 0.4) is 0 Å². The molecular formula is C28H27ClN2O3. The minimum Gasteiger partial charge on any atom is -0.493 e. The van der Waals surface area contributed by atoms with Crippen molar-refractivity contribution in [2.75, 3.05) is 24.4 Å². The summed E-state index contributed by atoms with van der Waals surface area (Å²) in [5, 5.41) is 7.78. The van der Waals surface area contributed by atoms with Gasteiger partial charge < -0.3 is 20.1 Å². The Labute approximate surface area is 204 Å². The normalized spacial score (nSPS) is 19.3.